The number of hydrogen-bond acceptors (Lipinski definition) is 2. The molecule has 0 saturated carbocycles. The topological polar surface area (TPSA) is 38.0 Å². The fourth-order valence-corrected chi connectivity index (χ4v) is 1.16. The van der Waals surface area contributed by atoms with Crippen LogP contribution >= 0.6 is 0 Å². The molecule has 0 aromatic carbocycles. The maximum absolute atomic E-state index is 9.39. The van der Waals surface area contributed by atoms with Crippen LogP contribution in [-0.2, 0) is 0 Å². The molecule has 0 saturated heterocycles. The minimum absolute atomic E-state index is 0.314. The van der Waals surface area contributed by atoms with Crippen LogP contribution in [0.25, 0.3) is 0 Å². The van der Waals surface area contributed by atoms with Crippen molar-refractivity contribution in [2.24, 2.45) is 0 Å². The first-order chi connectivity index (χ1) is 5.04. The molecule has 1 heterocycles. The van der Waals surface area contributed by atoms with E-state index in [1.165, 1.54) is 0 Å². The number of nitrogens with zero attached hydrogens (tertiary/aromatic N) is 2. The molecule has 11 heavy (non-hydrogen) atoms. The molecule has 1 aromatic rings. The second kappa shape index (κ2) is 2.57. The van der Waals surface area contributed by atoms with Crippen molar-refractivity contribution < 1.29 is 5.11 Å². The fraction of sp³-hybridized carbons (Fsp3) is 0.625. The average Bonchev–Trinajstić information content (AvgIpc) is 2.17. The zero-order valence-electron chi connectivity index (χ0n) is 7.42. The first kappa shape index (κ1) is 8.11. The Kier molecular flexibility index (Phi) is 1.89. The van der Waals surface area contributed by atoms with Gasteiger partial charge >= 0.3 is 0 Å². The van der Waals surface area contributed by atoms with E-state index >= 15 is 0 Å². The van der Waals surface area contributed by atoms with Crippen molar-refractivity contribution >= 4 is 0 Å². The number of aryl methyl sites for hydroxylation is 1. The van der Waals surface area contributed by atoms with Gasteiger partial charge in [-0.15, -0.1) is 0 Å². The largest absolute Gasteiger partial charge is 0.504 e. The van der Waals surface area contributed by atoms with Gasteiger partial charge in [-0.05, 0) is 27.7 Å². The summed E-state index contributed by atoms with van der Waals surface area (Å²) in [5.41, 5.74) is 1.55. The monoisotopic (exact) mass is 154 g/mol. The molecule has 0 spiro atoms. The molecule has 0 fully saturated rings. The zero-order valence-corrected chi connectivity index (χ0v) is 7.42. The lowest BCUT2D eigenvalue weighted by Gasteiger charge is -2.06. The summed E-state index contributed by atoms with van der Waals surface area (Å²) in [6.45, 7) is 7.76. The summed E-state index contributed by atoms with van der Waals surface area (Å²) in [5.74, 6) is 0.318. The molecular weight excluding hydrogens is 140 g/mol. The van der Waals surface area contributed by atoms with Crippen molar-refractivity contribution in [2.45, 2.75) is 33.7 Å². The highest BCUT2D eigenvalue weighted by molar-refractivity contribution is 5.30. The Labute approximate surface area is 66.7 Å². The third kappa shape index (κ3) is 1.23. The van der Waals surface area contributed by atoms with E-state index in [1.54, 1.807) is 6.92 Å². The molecule has 62 valence electrons. The smallest absolute Gasteiger partial charge is 0.159 e. The first-order valence-electron chi connectivity index (χ1n) is 3.78. The summed E-state index contributed by atoms with van der Waals surface area (Å²) in [6, 6.07) is 0.314. The Balaban J connectivity index is 3.19. The van der Waals surface area contributed by atoms with Crippen molar-refractivity contribution in [3.63, 3.8) is 0 Å². The Hall–Kier alpha value is -0.990. The van der Waals surface area contributed by atoms with Gasteiger partial charge in [0, 0.05) is 6.04 Å². The lowest BCUT2D eigenvalue weighted by Crippen LogP contribution is -2.04. The molecule has 0 amide bonds. The van der Waals surface area contributed by atoms with E-state index in [2.05, 4.69) is 5.10 Å². The zero-order chi connectivity index (χ0) is 8.59. The molecule has 1 N–H and O–H groups in total. The van der Waals surface area contributed by atoms with E-state index in [0.29, 0.717) is 17.5 Å². The average molecular weight is 154 g/mol. The van der Waals surface area contributed by atoms with Crippen LogP contribution in [0.2, 0.25) is 0 Å². The van der Waals surface area contributed by atoms with E-state index in [-0.39, 0.29) is 0 Å². The summed E-state index contributed by atoms with van der Waals surface area (Å²) in [4.78, 5) is 0. The van der Waals surface area contributed by atoms with Gasteiger partial charge in [0.15, 0.2) is 5.75 Å². The highest BCUT2D eigenvalue weighted by atomic mass is 16.3. The van der Waals surface area contributed by atoms with Gasteiger partial charge in [-0.1, -0.05) is 0 Å². The van der Waals surface area contributed by atoms with Crippen LogP contribution in [0.3, 0.4) is 0 Å². The summed E-state index contributed by atoms with van der Waals surface area (Å²) in [6.07, 6.45) is 0. The predicted molar refractivity (Wildman–Crippen MR) is 43.8 cm³/mol. The van der Waals surface area contributed by atoms with Gasteiger partial charge in [0.05, 0.1) is 5.69 Å². The van der Waals surface area contributed by atoms with Gasteiger partial charge in [0.2, 0.25) is 0 Å². The van der Waals surface area contributed by atoms with Gasteiger partial charge in [-0.3, -0.25) is 4.68 Å². The molecular formula is C8H14N2O. The van der Waals surface area contributed by atoms with Crippen LogP contribution in [-0.4, -0.2) is 14.9 Å². The molecule has 0 aliphatic heterocycles. The first-order valence-corrected chi connectivity index (χ1v) is 3.78. The van der Waals surface area contributed by atoms with Crippen LogP contribution in [0.1, 0.15) is 31.3 Å². The van der Waals surface area contributed by atoms with Gasteiger partial charge in [-0.25, -0.2) is 0 Å². The number of aromatic nitrogens is 2. The quantitative estimate of drug-likeness (QED) is 0.669. The number of rotatable bonds is 1. The summed E-state index contributed by atoms with van der Waals surface area (Å²) < 4.78 is 1.82. The molecule has 0 atom stereocenters. The minimum Gasteiger partial charge on any atom is -0.504 e. The molecule has 0 unspecified atom stereocenters. The number of aromatic hydroxyl groups is 1. The van der Waals surface area contributed by atoms with Crippen LogP contribution in [0.5, 0.6) is 5.75 Å². The molecule has 0 bridgehead atoms. The van der Waals surface area contributed by atoms with Gasteiger partial charge < -0.3 is 5.11 Å². The lowest BCUT2D eigenvalue weighted by atomic mass is 10.3. The molecule has 0 radical (unpaired) electrons. The minimum atomic E-state index is 0.314. The maximum atomic E-state index is 9.39. The lowest BCUT2D eigenvalue weighted by molar-refractivity contribution is 0.459. The Morgan fingerprint density at radius 3 is 2.09 bits per heavy atom. The van der Waals surface area contributed by atoms with Crippen LogP contribution in [0.4, 0.5) is 0 Å². The SMILES string of the molecule is Cc1nn(C(C)C)c(C)c1O. The second-order valence-corrected chi connectivity index (χ2v) is 3.06. The Bertz CT molecular complexity index is 263. The van der Waals surface area contributed by atoms with Crippen molar-refractivity contribution in [2.75, 3.05) is 0 Å². The predicted octanol–water partition coefficient (Wildman–Crippen LogP) is 1.79. The van der Waals surface area contributed by atoms with E-state index in [4.69, 9.17) is 0 Å². The number of hydrogen-bond donors (Lipinski definition) is 1. The molecule has 1 rings (SSSR count). The van der Waals surface area contributed by atoms with E-state index in [9.17, 15) is 5.11 Å². The van der Waals surface area contributed by atoms with Crippen molar-refractivity contribution in [1.82, 2.24) is 9.78 Å². The second-order valence-electron chi connectivity index (χ2n) is 3.06. The maximum Gasteiger partial charge on any atom is 0.159 e. The van der Waals surface area contributed by atoms with Crippen molar-refractivity contribution in [3.8, 4) is 5.75 Å². The van der Waals surface area contributed by atoms with E-state index < -0.39 is 0 Å². The highest BCUT2D eigenvalue weighted by Gasteiger charge is 2.10. The molecule has 1 aromatic heterocycles. The van der Waals surface area contributed by atoms with Gasteiger partial charge in [0.1, 0.15) is 5.69 Å². The van der Waals surface area contributed by atoms with E-state index in [0.717, 1.165) is 5.69 Å². The van der Waals surface area contributed by atoms with Crippen molar-refractivity contribution in [1.29, 1.82) is 0 Å². The highest BCUT2D eigenvalue weighted by Crippen LogP contribution is 2.22. The molecule has 0 aliphatic rings. The molecule has 3 nitrogen and oxygen atoms in total. The van der Waals surface area contributed by atoms with Crippen LogP contribution < -0.4 is 0 Å². The Morgan fingerprint density at radius 2 is 1.91 bits per heavy atom. The van der Waals surface area contributed by atoms with Gasteiger partial charge in [-0.2, -0.15) is 5.10 Å². The van der Waals surface area contributed by atoms with Crippen LogP contribution in [0, 0.1) is 13.8 Å². The van der Waals surface area contributed by atoms with Crippen molar-refractivity contribution in [3.05, 3.63) is 11.4 Å². The molecule has 0 aliphatic carbocycles. The normalized spacial score (nSPS) is 11.0. The van der Waals surface area contributed by atoms with Crippen LogP contribution in [0.15, 0.2) is 0 Å². The molecule has 3 heteroatoms. The third-order valence-electron chi connectivity index (χ3n) is 1.78. The van der Waals surface area contributed by atoms with Gasteiger partial charge in [0.25, 0.3) is 0 Å². The summed E-state index contributed by atoms with van der Waals surface area (Å²) in [5, 5.41) is 13.6. The standard InChI is InChI=1S/C8H14N2O/c1-5(2)10-7(4)8(11)6(3)9-10/h5,11H,1-4H3. The summed E-state index contributed by atoms with van der Waals surface area (Å²) >= 11 is 0. The fourth-order valence-electron chi connectivity index (χ4n) is 1.16. The third-order valence-corrected chi connectivity index (χ3v) is 1.78. The Morgan fingerprint density at radius 1 is 1.36 bits per heavy atom. The van der Waals surface area contributed by atoms with E-state index in [1.807, 2.05) is 25.5 Å². The summed E-state index contributed by atoms with van der Waals surface area (Å²) in [7, 11) is 0.